The van der Waals surface area contributed by atoms with Crippen molar-refractivity contribution in [3.8, 4) is 0 Å². The number of fused-ring (bicyclic) bond motifs is 1. The van der Waals surface area contributed by atoms with Crippen LogP contribution in [0.2, 0.25) is 0 Å². The molecular weight excluding hydrogens is 280 g/mol. The Bertz CT molecular complexity index is 370. The lowest BCUT2D eigenvalue weighted by molar-refractivity contribution is -0.231. The average Bonchev–Trinajstić information content (AvgIpc) is 2.89. The summed E-state index contributed by atoms with van der Waals surface area (Å²) in [6.07, 6.45) is -2.19. The van der Waals surface area contributed by atoms with E-state index in [4.69, 9.17) is 24.1 Å². The smallest absolute Gasteiger partial charge is 0.306 e. The molecule has 0 amide bonds. The number of aliphatic hydroxyl groups excluding tert-OH is 2. The van der Waals surface area contributed by atoms with E-state index in [0.29, 0.717) is 6.42 Å². The molecule has 7 nitrogen and oxygen atoms in total. The van der Waals surface area contributed by atoms with Gasteiger partial charge < -0.3 is 29.2 Å². The molecule has 0 aliphatic carbocycles. The van der Waals surface area contributed by atoms with Crippen LogP contribution in [-0.4, -0.2) is 59.3 Å². The lowest BCUT2D eigenvalue weighted by atomic mass is 10.1. The summed E-state index contributed by atoms with van der Waals surface area (Å²) < 4.78 is 22.2. The number of carbonyl (C=O) groups excluding carboxylic acids is 1. The Morgan fingerprint density at radius 2 is 2.10 bits per heavy atom. The summed E-state index contributed by atoms with van der Waals surface area (Å²) >= 11 is 0. The summed E-state index contributed by atoms with van der Waals surface area (Å²) in [5.41, 5.74) is 0. The minimum Gasteiger partial charge on any atom is -0.456 e. The molecule has 0 saturated carbocycles. The maximum absolute atomic E-state index is 11.8. The molecule has 2 N–H and O–H groups in total. The summed E-state index contributed by atoms with van der Waals surface area (Å²) in [4.78, 5) is 11.8. The van der Waals surface area contributed by atoms with E-state index >= 15 is 0 Å². The Hall–Kier alpha value is -0.730. The van der Waals surface area contributed by atoms with Crippen molar-refractivity contribution >= 4 is 5.97 Å². The first-order valence-corrected chi connectivity index (χ1v) is 7.37. The molecule has 0 aromatic rings. The molecule has 0 spiro atoms. The largest absolute Gasteiger partial charge is 0.456 e. The summed E-state index contributed by atoms with van der Waals surface area (Å²) in [7, 11) is 0. The molecule has 2 rings (SSSR count). The number of hydrogen-bond acceptors (Lipinski definition) is 7. The van der Waals surface area contributed by atoms with E-state index in [9.17, 15) is 9.90 Å². The van der Waals surface area contributed by atoms with E-state index in [-0.39, 0.29) is 5.97 Å². The van der Waals surface area contributed by atoms with Gasteiger partial charge in [-0.2, -0.15) is 0 Å². The van der Waals surface area contributed by atoms with Crippen LogP contribution in [0.3, 0.4) is 0 Å². The molecule has 0 aromatic heterocycles. The molecule has 122 valence electrons. The topological polar surface area (TPSA) is 94.5 Å². The molecule has 2 aliphatic rings. The average molecular weight is 304 g/mol. The van der Waals surface area contributed by atoms with Gasteiger partial charge in [-0.25, -0.2) is 0 Å². The number of ether oxygens (including phenoxy) is 4. The molecule has 7 heteroatoms. The van der Waals surface area contributed by atoms with Crippen LogP contribution >= 0.6 is 0 Å². The molecule has 0 aromatic carbocycles. The Kier molecular flexibility index (Phi) is 5.21. The Morgan fingerprint density at radius 3 is 2.71 bits per heavy atom. The van der Waals surface area contributed by atoms with Crippen LogP contribution in [0.25, 0.3) is 0 Å². The second kappa shape index (κ2) is 6.58. The third-order valence-electron chi connectivity index (χ3n) is 3.60. The third-order valence-corrected chi connectivity index (χ3v) is 3.60. The van der Waals surface area contributed by atoms with Gasteiger partial charge in [0.1, 0.15) is 12.2 Å². The van der Waals surface area contributed by atoms with Crippen molar-refractivity contribution in [1.82, 2.24) is 0 Å². The first-order valence-electron chi connectivity index (χ1n) is 7.37. The van der Waals surface area contributed by atoms with Gasteiger partial charge in [0.25, 0.3) is 0 Å². The highest BCUT2D eigenvalue weighted by molar-refractivity contribution is 5.69. The minimum absolute atomic E-state index is 0.302. The van der Waals surface area contributed by atoms with Crippen LogP contribution < -0.4 is 0 Å². The van der Waals surface area contributed by atoms with Gasteiger partial charge in [-0.05, 0) is 20.3 Å². The first kappa shape index (κ1) is 16.6. The standard InChI is InChI=1S/C14H24O7/c1-4-5-6-9(17)18-11-10(8(16)7-15)19-13-12(11)20-14(2,3)21-13/h8,10-13,15-16H,4-7H2,1-3H3/t8-,10-,11+,12-,13-/m1/s1. The van der Waals surface area contributed by atoms with Gasteiger partial charge in [0, 0.05) is 6.42 Å². The molecule has 2 saturated heterocycles. The predicted molar refractivity (Wildman–Crippen MR) is 71.2 cm³/mol. The van der Waals surface area contributed by atoms with Gasteiger partial charge in [0.2, 0.25) is 0 Å². The normalized spacial score (nSPS) is 35.5. The summed E-state index contributed by atoms with van der Waals surface area (Å²) in [6, 6.07) is 0. The number of aliphatic hydroxyl groups is 2. The van der Waals surface area contributed by atoms with Crippen molar-refractivity contribution < 1.29 is 34.0 Å². The molecule has 0 bridgehead atoms. The van der Waals surface area contributed by atoms with Gasteiger partial charge in [-0.3, -0.25) is 4.79 Å². The van der Waals surface area contributed by atoms with Gasteiger partial charge in [0.05, 0.1) is 6.61 Å². The third kappa shape index (κ3) is 3.73. The van der Waals surface area contributed by atoms with Crippen molar-refractivity contribution in [3.63, 3.8) is 0 Å². The van der Waals surface area contributed by atoms with Gasteiger partial charge in [-0.1, -0.05) is 13.3 Å². The first-order chi connectivity index (χ1) is 9.88. The van der Waals surface area contributed by atoms with Crippen molar-refractivity contribution in [2.45, 2.75) is 76.5 Å². The van der Waals surface area contributed by atoms with Crippen molar-refractivity contribution in [3.05, 3.63) is 0 Å². The molecule has 21 heavy (non-hydrogen) atoms. The summed E-state index contributed by atoms with van der Waals surface area (Å²) in [6.45, 7) is 4.97. The molecule has 2 aliphatic heterocycles. The highest BCUT2D eigenvalue weighted by Gasteiger charge is 2.58. The second-order valence-electron chi connectivity index (χ2n) is 5.88. The number of carbonyl (C=O) groups is 1. The van der Waals surface area contributed by atoms with Gasteiger partial charge >= 0.3 is 5.97 Å². The van der Waals surface area contributed by atoms with Crippen LogP contribution in [0, 0.1) is 0 Å². The summed E-state index contributed by atoms with van der Waals surface area (Å²) in [5, 5.41) is 18.9. The Balaban J connectivity index is 2.06. The van der Waals surface area contributed by atoms with E-state index in [2.05, 4.69) is 0 Å². The van der Waals surface area contributed by atoms with Gasteiger partial charge in [-0.15, -0.1) is 0 Å². The fraction of sp³-hybridized carbons (Fsp3) is 0.929. The fourth-order valence-electron chi connectivity index (χ4n) is 2.58. The number of esters is 1. The molecular formula is C14H24O7. The quantitative estimate of drug-likeness (QED) is 0.682. The van der Waals surface area contributed by atoms with Crippen LogP contribution in [0.5, 0.6) is 0 Å². The highest BCUT2D eigenvalue weighted by Crippen LogP contribution is 2.39. The van der Waals surface area contributed by atoms with E-state index in [1.165, 1.54) is 0 Å². The fourth-order valence-corrected chi connectivity index (χ4v) is 2.58. The Labute approximate surface area is 124 Å². The van der Waals surface area contributed by atoms with Crippen molar-refractivity contribution in [1.29, 1.82) is 0 Å². The van der Waals surface area contributed by atoms with E-state index in [1.54, 1.807) is 13.8 Å². The molecule has 0 unspecified atom stereocenters. The molecule has 5 atom stereocenters. The second-order valence-corrected chi connectivity index (χ2v) is 5.88. The van der Waals surface area contributed by atoms with Crippen LogP contribution in [-0.2, 0) is 23.7 Å². The van der Waals surface area contributed by atoms with Crippen molar-refractivity contribution in [2.24, 2.45) is 0 Å². The monoisotopic (exact) mass is 304 g/mol. The maximum Gasteiger partial charge on any atom is 0.306 e. The molecule has 2 fully saturated rings. The Morgan fingerprint density at radius 1 is 1.38 bits per heavy atom. The van der Waals surface area contributed by atoms with Gasteiger partial charge in [0.15, 0.2) is 24.3 Å². The SMILES string of the molecule is CCCCC(=O)O[C@@H]1[C@H]2OC(C)(C)O[C@H]2O[C@@H]1[C@H](O)CO. The lowest BCUT2D eigenvalue weighted by Crippen LogP contribution is -2.45. The number of hydrogen-bond donors (Lipinski definition) is 2. The zero-order valence-electron chi connectivity index (χ0n) is 12.7. The lowest BCUT2D eigenvalue weighted by Gasteiger charge is -2.27. The molecule has 0 radical (unpaired) electrons. The van der Waals surface area contributed by atoms with Crippen molar-refractivity contribution in [2.75, 3.05) is 6.61 Å². The number of unbranched alkanes of at least 4 members (excludes halogenated alkanes) is 1. The van der Waals surface area contributed by atoms with Crippen LogP contribution in [0.1, 0.15) is 40.0 Å². The zero-order chi connectivity index (χ0) is 15.6. The maximum atomic E-state index is 11.8. The zero-order valence-corrected chi connectivity index (χ0v) is 12.7. The summed E-state index contributed by atoms with van der Waals surface area (Å²) in [5.74, 6) is -1.20. The van der Waals surface area contributed by atoms with E-state index in [1.807, 2.05) is 6.92 Å². The van der Waals surface area contributed by atoms with Crippen LogP contribution in [0.15, 0.2) is 0 Å². The highest BCUT2D eigenvalue weighted by atomic mass is 16.8. The predicted octanol–water partition coefficient (Wildman–Crippen LogP) is 0.318. The van der Waals surface area contributed by atoms with E-state index in [0.717, 1.165) is 12.8 Å². The molecule has 2 heterocycles. The van der Waals surface area contributed by atoms with E-state index < -0.39 is 43.1 Å². The number of rotatable bonds is 6. The van der Waals surface area contributed by atoms with Crippen LogP contribution in [0.4, 0.5) is 0 Å². The minimum atomic E-state index is -1.16.